The maximum Gasteiger partial charge on any atom is 0.242 e. The smallest absolute Gasteiger partial charge is 0.242 e. The van der Waals surface area contributed by atoms with Crippen LogP contribution in [-0.2, 0) is 16.1 Å². The first-order valence-electron chi connectivity index (χ1n) is 11.8. The first kappa shape index (κ1) is 25.9. The number of hydrogen-bond acceptors (Lipinski definition) is 5. The van der Waals surface area contributed by atoms with E-state index in [1.54, 1.807) is 0 Å². The molecule has 0 bridgehead atoms. The number of hydrogen-bond donors (Lipinski definition) is 1. The van der Waals surface area contributed by atoms with Gasteiger partial charge in [0.2, 0.25) is 5.91 Å². The van der Waals surface area contributed by atoms with E-state index >= 15 is 0 Å². The molecule has 0 aliphatic rings. The molecule has 1 heterocycles. The highest BCUT2D eigenvalue weighted by Gasteiger charge is 2.26. The summed E-state index contributed by atoms with van der Waals surface area (Å²) in [7, 11) is 0. The SMILES string of the molecule is CCOCCn1c(SC(C(=O)Nc2cc(C)ccc2C)c2ccccc2)nnc1-c1ccc(Cl)cc1. The minimum Gasteiger partial charge on any atom is -0.380 e. The highest BCUT2D eigenvalue weighted by molar-refractivity contribution is 8.00. The van der Waals surface area contributed by atoms with Crippen molar-refractivity contribution < 1.29 is 9.53 Å². The van der Waals surface area contributed by atoms with Crippen molar-refractivity contribution in [3.63, 3.8) is 0 Å². The number of carbonyl (C=O) groups is 1. The van der Waals surface area contributed by atoms with Crippen LogP contribution in [0.2, 0.25) is 5.02 Å². The molecule has 4 rings (SSSR count). The number of anilines is 1. The molecule has 1 aromatic heterocycles. The van der Waals surface area contributed by atoms with Gasteiger partial charge < -0.3 is 10.1 Å². The molecule has 6 nitrogen and oxygen atoms in total. The largest absolute Gasteiger partial charge is 0.380 e. The molecule has 0 aliphatic carbocycles. The Kier molecular flexibility index (Phi) is 8.80. The van der Waals surface area contributed by atoms with Crippen LogP contribution in [0.1, 0.15) is 28.9 Å². The number of halogens is 1. The number of amides is 1. The molecule has 1 unspecified atom stereocenters. The number of nitrogens with zero attached hydrogens (tertiary/aromatic N) is 3. The van der Waals surface area contributed by atoms with E-state index in [2.05, 4.69) is 15.5 Å². The molecule has 0 aliphatic heterocycles. The number of aromatic nitrogens is 3. The van der Waals surface area contributed by atoms with Crippen molar-refractivity contribution >= 4 is 35.0 Å². The van der Waals surface area contributed by atoms with E-state index in [4.69, 9.17) is 16.3 Å². The van der Waals surface area contributed by atoms with Crippen LogP contribution in [0.15, 0.2) is 78.0 Å². The third kappa shape index (κ3) is 6.35. The van der Waals surface area contributed by atoms with Gasteiger partial charge in [-0.25, -0.2) is 0 Å². The van der Waals surface area contributed by atoms with Crippen molar-refractivity contribution in [2.75, 3.05) is 18.5 Å². The van der Waals surface area contributed by atoms with E-state index < -0.39 is 5.25 Å². The van der Waals surface area contributed by atoms with Crippen molar-refractivity contribution in [1.29, 1.82) is 0 Å². The van der Waals surface area contributed by atoms with Gasteiger partial charge in [0.15, 0.2) is 11.0 Å². The average molecular weight is 521 g/mol. The maximum absolute atomic E-state index is 13.6. The van der Waals surface area contributed by atoms with E-state index in [0.717, 1.165) is 27.9 Å². The van der Waals surface area contributed by atoms with Gasteiger partial charge in [0, 0.05) is 22.9 Å². The minimum absolute atomic E-state index is 0.118. The van der Waals surface area contributed by atoms with Crippen LogP contribution < -0.4 is 5.32 Å². The summed E-state index contributed by atoms with van der Waals surface area (Å²) in [5.74, 6) is 0.586. The Bertz CT molecular complexity index is 1310. The van der Waals surface area contributed by atoms with E-state index in [-0.39, 0.29) is 5.91 Å². The van der Waals surface area contributed by atoms with Crippen molar-refractivity contribution in [3.05, 3.63) is 94.5 Å². The predicted octanol–water partition coefficient (Wildman–Crippen LogP) is 6.72. The fourth-order valence-electron chi connectivity index (χ4n) is 3.77. The maximum atomic E-state index is 13.6. The Labute approximate surface area is 221 Å². The molecule has 4 aromatic rings. The number of benzene rings is 3. The van der Waals surface area contributed by atoms with Gasteiger partial charge in [-0.05, 0) is 67.8 Å². The van der Waals surface area contributed by atoms with Gasteiger partial charge in [0.1, 0.15) is 5.25 Å². The summed E-state index contributed by atoms with van der Waals surface area (Å²) < 4.78 is 7.63. The molecule has 36 heavy (non-hydrogen) atoms. The van der Waals surface area contributed by atoms with E-state index in [1.165, 1.54) is 11.8 Å². The van der Waals surface area contributed by atoms with Crippen LogP contribution in [0.25, 0.3) is 11.4 Å². The van der Waals surface area contributed by atoms with Crippen molar-refractivity contribution in [2.45, 2.75) is 37.7 Å². The molecule has 1 amide bonds. The molecule has 8 heteroatoms. The van der Waals surface area contributed by atoms with Crippen LogP contribution in [-0.4, -0.2) is 33.9 Å². The summed E-state index contributed by atoms with van der Waals surface area (Å²) in [6.45, 7) is 7.64. The molecule has 1 atom stereocenters. The zero-order valence-corrected chi connectivity index (χ0v) is 22.1. The highest BCUT2D eigenvalue weighted by Crippen LogP contribution is 2.37. The van der Waals surface area contributed by atoms with Gasteiger partial charge in [0.25, 0.3) is 0 Å². The Morgan fingerprint density at radius 1 is 1.06 bits per heavy atom. The molecular weight excluding hydrogens is 492 g/mol. The molecule has 0 spiro atoms. The van der Waals surface area contributed by atoms with E-state index in [0.29, 0.717) is 35.8 Å². The Morgan fingerprint density at radius 3 is 2.53 bits per heavy atom. The molecule has 0 saturated heterocycles. The van der Waals surface area contributed by atoms with Crippen molar-refractivity contribution in [2.24, 2.45) is 0 Å². The third-order valence-electron chi connectivity index (χ3n) is 5.70. The lowest BCUT2D eigenvalue weighted by atomic mass is 10.1. The third-order valence-corrected chi connectivity index (χ3v) is 7.18. The number of ether oxygens (including phenoxy) is 1. The molecule has 0 saturated carbocycles. The molecule has 3 aromatic carbocycles. The summed E-state index contributed by atoms with van der Waals surface area (Å²) in [6, 6.07) is 23.3. The van der Waals surface area contributed by atoms with Gasteiger partial charge >= 0.3 is 0 Å². The molecule has 0 radical (unpaired) electrons. The number of thioether (sulfide) groups is 1. The zero-order valence-electron chi connectivity index (χ0n) is 20.6. The van der Waals surface area contributed by atoms with E-state index in [9.17, 15) is 4.79 Å². The fourth-order valence-corrected chi connectivity index (χ4v) is 4.95. The Morgan fingerprint density at radius 2 is 1.81 bits per heavy atom. The standard InChI is InChI=1S/C28H29ClN4O2S/c1-4-35-17-16-33-26(22-12-14-23(29)15-13-22)31-32-28(33)36-25(21-8-6-5-7-9-21)27(34)30-24-18-19(2)10-11-20(24)3/h5-15,18,25H,4,16-17H2,1-3H3,(H,30,34). The number of aryl methyl sites for hydroxylation is 2. The quantitative estimate of drug-likeness (QED) is 0.185. The lowest BCUT2D eigenvalue weighted by Gasteiger charge is -2.19. The monoisotopic (exact) mass is 520 g/mol. The lowest BCUT2D eigenvalue weighted by Crippen LogP contribution is -2.20. The second-order valence-corrected chi connectivity index (χ2v) is 9.89. The summed E-state index contributed by atoms with van der Waals surface area (Å²) >= 11 is 7.47. The summed E-state index contributed by atoms with van der Waals surface area (Å²) in [4.78, 5) is 13.6. The Balaban J connectivity index is 1.69. The van der Waals surface area contributed by atoms with Gasteiger partial charge in [-0.3, -0.25) is 9.36 Å². The van der Waals surface area contributed by atoms with Crippen molar-refractivity contribution in [3.8, 4) is 11.4 Å². The van der Waals surface area contributed by atoms with Crippen molar-refractivity contribution in [1.82, 2.24) is 14.8 Å². The average Bonchev–Trinajstić information content (AvgIpc) is 3.28. The Hall–Kier alpha value is -3.13. The summed E-state index contributed by atoms with van der Waals surface area (Å²) in [6.07, 6.45) is 0. The number of nitrogens with one attached hydrogen (secondary N) is 1. The molecule has 186 valence electrons. The van der Waals surface area contributed by atoms with Crippen LogP contribution >= 0.6 is 23.4 Å². The predicted molar refractivity (Wildman–Crippen MR) is 147 cm³/mol. The fraction of sp³-hybridized carbons (Fsp3) is 0.250. The first-order valence-corrected chi connectivity index (χ1v) is 13.1. The summed E-state index contributed by atoms with van der Waals surface area (Å²) in [5, 5.41) is 12.9. The van der Waals surface area contributed by atoms with E-state index in [1.807, 2.05) is 98.1 Å². The first-order chi connectivity index (χ1) is 17.5. The van der Waals surface area contributed by atoms with Crippen LogP contribution in [0.4, 0.5) is 5.69 Å². The molecular formula is C28H29ClN4O2S. The van der Waals surface area contributed by atoms with Crippen LogP contribution in [0, 0.1) is 13.8 Å². The number of rotatable bonds is 10. The zero-order chi connectivity index (χ0) is 25.5. The van der Waals surface area contributed by atoms with Gasteiger partial charge in [-0.2, -0.15) is 0 Å². The van der Waals surface area contributed by atoms with Gasteiger partial charge in [-0.1, -0.05) is 65.8 Å². The van der Waals surface area contributed by atoms with Gasteiger partial charge in [0.05, 0.1) is 13.2 Å². The second kappa shape index (κ2) is 12.2. The van der Waals surface area contributed by atoms with Crippen LogP contribution in [0.5, 0.6) is 0 Å². The molecule has 1 N–H and O–H groups in total. The normalized spacial score (nSPS) is 11.9. The summed E-state index contributed by atoms with van der Waals surface area (Å²) in [5.41, 5.74) is 4.68. The minimum atomic E-state index is -0.528. The topological polar surface area (TPSA) is 69.0 Å². The number of carbonyl (C=O) groups excluding carboxylic acids is 1. The van der Waals surface area contributed by atoms with Gasteiger partial charge in [-0.15, -0.1) is 10.2 Å². The van der Waals surface area contributed by atoms with Crippen LogP contribution in [0.3, 0.4) is 0 Å². The highest BCUT2D eigenvalue weighted by atomic mass is 35.5. The lowest BCUT2D eigenvalue weighted by molar-refractivity contribution is -0.115. The molecule has 0 fully saturated rings. The second-order valence-electron chi connectivity index (χ2n) is 8.38.